The molecule has 0 aromatic rings. The third-order valence-electron chi connectivity index (χ3n) is 0.600. The number of hydrogen-bond acceptors (Lipinski definition) is 5. The summed E-state index contributed by atoms with van der Waals surface area (Å²) in [5.74, 6) is 0. The van der Waals surface area contributed by atoms with Crippen LogP contribution in [0.3, 0.4) is 0 Å². The molecule has 0 aromatic heterocycles. The van der Waals surface area contributed by atoms with Crippen LogP contribution in [0, 0.1) is 0 Å². The van der Waals surface area contributed by atoms with Crippen molar-refractivity contribution < 1.29 is 17.5 Å². The molecule has 68 valence electrons. The first-order valence-electron chi connectivity index (χ1n) is 2.15. The molecular formula is C2H3Br2NO4S2-2. The van der Waals surface area contributed by atoms with Crippen LogP contribution in [0.25, 0.3) is 0 Å². The lowest BCUT2D eigenvalue weighted by Gasteiger charge is -2.20. The van der Waals surface area contributed by atoms with Crippen LogP contribution in [0.1, 0.15) is 0 Å². The summed E-state index contributed by atoms with van der Waals surface area (Å²) in [5.41, 5.74) is 0. The van der Waals surface area contributed by atoms with Crippen molar-refractivity contribution in [2.45, 2.75) is 8.57 Å². The molecule has 0 fully saturated rings. The van der Waals surface area contributed by atoms with E-state index >= 15 is 0 Å². The fraction of sp³-hybridized carbons (Fsp3) is 1.00. The topological polar surface area (TPSA) is 92.3 Å². The van der Waals surface area contributed by atoms with Gasteiger partial charge in [-0.05, 0) is 22.2 Å². The zero-order chi connectivity index (χ0) is 9.02. The zero-order valence-electron chi connectivity index (χ0n) is 4.86. The average Bonchev–Trinajstić information content (AvgIpc) is 1.87. The van der Waals surface area contributed by atoms with E-state index in [2.05, 4.69) is 37.2 Å². The average molecular weight is 329 g/mol. The Bertz CT molecular complexity index is 159. The van der Waals surface area contributed by atoms with Crippen LogP contribution in [0.2, 0.25) is 0 Å². The minimum atomic E-state index is -2.40. The number of rotatable bonds is 4. The first kappa shape index (κ1) is 12.1. The second-order valence-corrected chi connectivity index (χ2v) is 6.35. The summed E-state index contributed by atoms with van der Waals surface area (Å²) in [6.45, 7) is 0. The molecular weight excluding hydrogens is 326 g/mol. The number of halogens is 2. The smallest absolute Gasteiger partial charge is 0.128 e. The third-order valence-corrected chi connectivity index (χ3v) is 3.91. The van der Waals surface area contributed by atoms with Gasteiger partial charge in [0, 0.05) is 0 Å². The lowest BCUT2D eigenvalue weighted by Crippen LogP contribution is -2.35. The second-order valence-electron chi connectivity index (χ2n) is 1.32. The van der Waals surface area contributed by atoms with E-state index in [9.17, 15) is 17.5 Å². The molecule has 0 bridgehead atoms. The van der Waals surface area contributed by atoms with Crippen LogP contribution in [0.15, 0.2) is 0 Å². The van der Waals surface area contributed by atoms with E-state index in [1.54, 1.807) is 0 Å². The molecule has 4 unspecified atom stereocenters. The standard InChI is InChI=1S/C2H5Br2NO4S2/c3-1(10(6)7)5-2(4)11(8)9/h1-2,5H,(H,6,7)(H,8,9)/p-2. The van der Waals surface area contributed by atoms with Gasteiger partial charge in [-0.1, -0.05) is 31.9 Å². The highest BCUT2D eigenvalue weighted by atomic mass is 79.9. The molecule has 5 nitrogen and oxygen atoms in total. The minimum absolute atomic E-state index is 1.08. The molecule has 11 heavy (non-hydrogen) atoms. The van der Waals surface area contributed by atoms with E-state index in [-0.39, 0.29) is 0 Å². The molecule has 1 N–H and O–H groups in total. The summed E-state index contributed by atoms with van der Waals surface area (Å²) in [7, 11) is 0. The van der Waals surface area contributed by atoms with E-state index in [0.29, 0.717) is 0 Å². The highest BCUT2D eigenvalue weighted by Crippen LogP contribution is 2.06. The van der Waals surface area contributed by atoms with Crippen molar-refractivity contribution in [3.63, 3.8) is 0 Å². The molecule has 0 saturated carbocycles. The monoisotopic (exact) mass is 327 g/mol. The molecule has 0 rings (SSSR count). The summed E-state index contributed by atoms with van der Waals surface area (Å²) < 4.78 is 38.3. The lowest BCUT2D eigenvalue weighted by molar-refractivity contribution is 0.518. The summed E-state index contributed by atoms with van der Waals surface area (Å²) >= 11 is 0.578. The van der Waals surface area contributed by atoms with Crippen molar-refractivity contribution in [2.75, 3.05) is 0 Å². The Labute approximate surface area is 85.1 Å². The van der Waals surface area contributed by atoms with Crippen LogP contribution < -0.4 is 5.32 Å². The Morgan fingerprint density at radius 3 is 1.55 bits per heavy atom. The maximum atomic E-state index is 10.1. The predicted octanol–water partition coefficient (Wildman–Crippen LogP) is -0.309. The van der Waals surface area contributed by atoms with Gasteiger partial charge in [0.05, 0.1) is 0 Å². The van der Waals surface area contributed by atoms with E-state index in [1.165, 1.54) is 0 Å². The molecule has 0 spiro atoms. The van der Waals surface area contributed by atoms with Crippen molar-refractivity contribution in [2.24, 2.45) is 0 Å². The normalized spacial score (nSPS) is 22.2. The molecule has 0 aromatic carbocycles. The van der Waals surface area contributed by atoms with E-state index in [0.717, 1.165) is 0 Å². The first-order valence-corrected chi connectivity index (χ1v) is 6.26. The summed E-state index contributed by atoms with van der Waals surface area (Å²) in [5, 5.41) is 2.19. The fourth-order valence-electron chi connectivity index (χ4n) is 0.214. The molecule has 0 aliphatic carbocycles. The van der Waals surface area contributed by atoms with Crippen molar-refractivity contribution >= 4 is 54.0 Å². The molecule has 0 aliphatic rings. The van der Waals surface area contributed by atoms with Gasteiger partial charge >= 0.3 is 0 Å². The number of alkyl halides is 2. The molecule has 0 radical (unpaired) electrons. The molecule has 9 heteroatoms. The Kier molecular flexibility index (Phi) is 6.32. The quantitative estimate of drug-likeness (QED) is 0.434. The van der Waals surface area contributed by atoms with Crippen LogP contribution in [-0.2, 0) is 22.2 Å². The third kappa shape index (κ3) is 5.39. The lowest BCUT2D eigenvalue weighted by atomic mass is 11.2. The van der Waals surface area contributed by atoms with Crippen molar-refractivity contribution in [3.8, 4) is 0 Å². The van der Waals surface area contributed by atoms with Gasteiger partial charge < -0.3 is 9.11 Å². The highest BCUT2D eigenvalue weighted by Gasteiger charge is 2.09. The van der Waals surface area contributed by atoms with Gasteiger partial charge in [0.25, 0.3) is 0 Å². The SMILES string of the molecule is O=S([O-])C(Br)NC(Br)S(=O)[O-]. The van der Waals surface area contributed by atoms with Gasteiger partial charge in [-0.3, -0.25) is 13.7 Å². The highest BCUT2D eigenvalue weighted by molar-refractivity contribution is 9.11. The molecule has 0 aliphatic heterocycles. The van der Waals surface area contributed by atoms with Gasteiger partial charge in [-0.25, -0.2) is 0 Å². The van der Waals surface area contributed by atoms with Crippen molar-refractivity contribution in [1.82, 2.24) is 5.32 Å². The fourth-order valence-corrected chi connectivity index (χ4v) is 2.03. The van der Waals surface area contributed by atoms with Crippen molar-refractivity contribution in [3.05, 3.63) is 0 Å². The minimum Gasteiger partial charge on any atom is -0.770 e. The van der Waals surface area contributed by atoms with Crippen LogP contribution in [-0.4, -0.2) is 26.1 Å². The van der Waals surface area contributed by atoms with Crippen LogP contribution in [0.4, 0.5) is 0 Å². The van der Waals surface area contributed by atoms with Crippen LogP contribution >= 0.6 is 31.9 Å². The second kappa shape index (κ2) is 5.73. The number of nitrogens with one attached hydrogen (secondary N) is 1. The number of hydrogen-bond donors (Lipinski definition) is 1. The maximum Gasteiger partial charge on any atom is 0.128 e. The first-order chi connectivity index (χ1) is 4.95. The largest absolute Gasteiger partial charge is 0.770 e. The van der Waals surface area contributed by atoms with Gasteiger partial charge in [-0.15, -0.1) is 0 Å². The Balaban J connectivity index is 3.84. The Morgan fingerprint density at radius 1 is 1.09 bits per heavy atom. The van der Waals surface area contributed by atoms with Gasteiger partial charge in [0.1, 0.15) is 8.57 Å². The van der Waals surface area contributed by atoms with Gasteiger partial charge in [0.15, 0.2) is 0 Å². The maximum absolute atomic E-state index is 10.1. The summed E-state index contributed by atoms with van der Waals surface area (Å²) in [6, 6.07) is 0. The molecule has 0 saturated heterocycles. The molecule has 4 atom stereocenters. The zero-order valence-corrected chi connectivity index (χ0v) is 9.67. The Morgan fingerprint density at radius 2 is 1.36 bits per heavy atom. The summed E-state index contributed by atoms with van der Waals surface area (Å²) in [6.07, 6.45) is 0. The molecule has 0 amide bonds. The predicted molar refractivity (Wildman–Crippen MR) is 46.4 cm³/mol. The van der Waals surface area contributed by atoms with Gasteiger partial charge in [0.2, 0.25) is 0 Å². The van der Waals surface area contributed by atoms with Crippen molar-refractivity contribution in [1.29, 1.82) is 0 Å². The molecule has 0 heterocycles. The van der Waals surface area contributed by atoms with Gasteiger partial charge in [-0.2, -0.15) is 0 Å². The van der Waals surface area contributed by atoms with E-state index in [4.69, 9.17) is 0 Å². The summed E-state index contributed by atoms with van der Waals surface area (Å²) in [4.78, 5) is 0. The van der Waals surface area contributed by atoms with E-state index < -0.39 is 30.7 Å². The van der Waals surface area contributed by atoms with Crippen LogP contribution in [0.5, 0.6) is 0 Å². The Hall–Kier alpha value is 1.14. The van der Waals surface area contributed by atoms with E-state index in [1.807, 2.05) is 0 Å².